The van der Waals surface area contributed by atoms with Gasteiger partial charge >= 0.3 is 0 Å². The minimum Gasteiger partial charge on any atom is -0.383 e. The lowest BCUT2D eigenvalue weighted by Crippen LogP contribution is -2.24. The highest BCUT2D eigenvalue weighted by atomic mass is 35.5. The maximum absolute atomic E-state index is 12.2. The highest BCUT2D eigenvalue weighted by Gasteiger charge is 2.08. The topological polar surface area (TPSA) is 47.0 Å². The molecule has 0 radical (unpaired) electrons. The van der Waals surface area contributed by atoms with Crippen molar-refractivity contribution in [2.75, 3.05) is 13.7 Å². The van der Waals surface area contributed by atoms with Crippen LogP contribution in [0.4, 0.5) is 0 Å². The predicted octanol–water partition coefficient (Wildman–Crippen LogP) is 2.36. The van der Waals surface area contributed by atoms with Gasteiger partial charge in [-0.15, -0.1) is 0 Å². The molecule has 2 aromatic rings. The number of aromatic amines is 1. The number of nitrogens with zero attached hydrogens (tertiary/aromatic N) is 1. The molecule has 1 aromatic carbocycles. The summed E-state index contributed by atoms with van der Waals surface area (Å²) in [4.78, 5) is 15.2. The molecule has 0 unspecified atom stereocenters. The molecule has 0 spiro atoms. The molecule has 0 amide bonds. The van der Waals surface area contributed by atoms with Gasteiger partial charge in [-0.25, -0.2) is 0 Å². The molecule has 0 aliphatic heterocycles. The molecule has 4 nitrogen and oxygen atoms in total. The summed E-state index contributed by atoms with van der Waals surface area (Å²) in [5.74, 6) is 0. The molecule has 6 heteroatoms. The summed E-state index contributed by atoms with van der Waals surface area (Å²) in [6, 6.07) is 5.23. The van der Waals surface area contributed by atoms with E-state index in [1.54, 1.807) is 25.3 Å². The molecule has 0 fully saturated rings. The van der Waals surface area contributed by atoms with Gasteiger partial charge in [0.2, 0.25) is 0 Å². The van der Waals surface area contributed by atoms with Gasteiger partial charge in [0, 0.05) is 7.11 Å². The molecule has 0 bridgehead atoms. The summed E-state index contributed by atoms with van der Waals surface area (Å²) in [6.07, 6.45) is 0. The number of benzene rings is 1. The molecule has 0 aliphatic carbocycles. The van der Waals surface area contributed by atoms with Crippen LogP contribution >= 0.6 is 23.8 Å². The Labute approximate surface area is 108 Å². The third-order valence-electron chi connectivity index (χ3n) is 2.48. The van der Waals surface area contributed by atoms with Crippen LogP contribution < -0.4 is 5.56 Å². The number of halogens is 1. The summed E-state index contributed by atoms with van der Waals surface area (Å²) >= 11 is 11.2. The van der Waals surface area contributed by atoms with Gasteiger partial charge in [-0.05, 0) is 24.4 Å². The number of aromatic nitrogens is 2. The Hall–Kier alpha value is -1.17. The number of rotatable bonds is 3. The number of hydrogen-bond acceptors (Lipinski definition) is 3. The van der Waals surface area contributed by atoms with E-state index in [0.29, 0.717) is 33.8 Å². The fraction of sp³-hybridized carbons (Fsp3) is 0.273. The largest absolute Gasteiger partial charge is 0.383 e. The second-order valence-electron chi connectivity index (χ2n) is 3.54. The number of nitrogens with one attached hydrogen (secondary N) is 1. The lowest BCUT2D eigenvalue weighted by Gasteiger charge is -2.08. The zero-order chi connectivity index (χ0) is 12.4. The average Bonchev–Trinajstić information content (AvgIpc) is 2.28. The lowest BCUT2D eigenvalue weighted by atomic mass is 10.2. The van der Waals surface area contributed by atoms with Gasteiger partial charge in [-0.1, -0.05) is 17.7 Å². The van der Waals surface area contributed by atoms with E-state index in [1.807, 2.05) is 0 Å². The first-order valence-electron chi connectivity index (χ1n) is 5.05. The Bertz CT molecular complexity index is 663. The van der Waals surface area contributed by atoms with Crippen LogP contribution in [0.1, 0.15) is 0 Å². The highest BCUT2D eigenvalue weighted by Crippen LogP contribution is 2.17. The van der Waals surface area contributed by atoms with Gasteiger partial charge in [0.1, 0.15) is 0 Å². The van der Waals surface area contributed by atoms with Crippen LogP contribution in [0.5, 0.6) is 0 Å². The van der Waals surface area contributed by atoms with E-state index in [0.717, 1.165) is 0 Å². The standard InChI is InChI=1S/C11H11ClN2O2S/c1-16-6-5-14-10(15)9-7(12)3-2-4-8(9)13-11(14)17/h2-4H,5-6H2,1H3,(H,13,17). The van der Waals surface area contributed by atoms with Gasteiger partial charge in [-0.3, -0.25) is 9.36 Å². The minimum absolute atomic E-state index is 0.189. The van der Waals surface area contributed by atoms with Gasteiger partial charge < -0.3 is 9.72 Å². The van der Waals surface area contributed by atoms with Crippen LogP contribution in [0.2, 0.25) is 5.02 Å². The highest BCUT2D eigenvalue weighted by molar-refractivity contribution is 7.71. The normalized spacial score (nSPS) is 10.9. The Kier molecular flexibility index (Phi) is 3.61. The average molecular weight is 271 g/mol. The van der Waals surface area contributed by atoms with Crippen molar-refractivity contribution in [3.05, 3.63) is 38.3 Å². The number of ether oxygens (including phenoxy) is 1. The fourth-order valence-corrected chi connectivity index (χ4v) is 2.18. The molecule has 0 aliphatic rings. The van der Waals surface area contributed by atoms with Crippen LogP contribution in [0, 0.1) is 4.77 Å². The van der Waals surface area contributed by atoms with Crippen LogP contribution in [0.3, 0.4) is 0 Å². The molecular formula is C11H11ClN2O2S. The zero-order valence-corrected chi connectivity index (χ0v) is 10.8. The second-order valence-corrected chi connectivity index (χ2v) is 4.34. The molecule has 17 heavy (non-hydrogen) atoms. The van der Waals surface area contributed by atoms with Crippen molar-refractivity contribution >= 4 is 34.7 Å². The molecule has 2 rings (SSSR count). The monoisotopic (exact) mass is 270 g/mol. The van der Waals surface area contributed by atoms with Crippen molar-refractivity contribution in [1.82, 2.24) is 9.55 Å². The number of fused-ring (bicyclic) bond motifs is 1. The predicted molar refractivity (Wildman–Crippen MR) is 70.3 cm³/mol. The lowest BCUT2D eigenvalue weighted by molar-refractivity contribution is 0.185. The third kappa shape index (κ3) is 2.26. The van der Waals surface area contributed by atoms with Crippen molar-refractivity contribution in [3.8, 4) is 0 Å². The third-order valence-corrected chi connectivity index (χ3v) is 3.12. The molecule has 0 atom stereocenters. The Balaban J connectivity index is 2.74. The molecule has 90 valence electrons. The molecule has 1 heterocycles. The van der Waals surface area contributed by atoms with Crippen molar-refractivity contribution in [2.45, 2.75) is 6.54 Å². The van der Waals surface area contributed by atoms with E-state index >= 15 is 0 Å². The number of H-pyrrole nitrogens is 1. The van der Waals surface area contributed by atoms with Gasteiger partial charge in [0.05, 0.1) is 29.1 Å². The van der Waals surface area contributed by atoms with Gasteiger partial charge in [0.15, 0.2) is 4.77 Å². The van der Waals surface area contributed by atoms with Crippen LogP contribution in [0.25, 0.3) is 10.9 Å². The molecule has 0 saturated heterocycles. The van der Waals surface area contributed by atoms with Crippen molar-refractivity contribution in [2.24, 2.45) is 0 Å². The Morgan fingerprint density at radius 2 is 2.29 bits per heavy atom. The van der Waals surface area contributed by atoms with Crippen molar-refractivity contribution in [3.63, 3.8) is 0 Å². The van der Waals surface area contributed by atoms with Gasteiger partial charge in [-0.2, -0.15) is 0 Å². The minimum atomic E-state index is -0.189. The summed E-state index contributed by atoms with van der Waals surface area (Å²) in [5, 5.41) is 0.879. The van der Waals surface area contributed by atoms with Crippen LogP contribution in [-0.2, 0) is 11.3 Å². The first-order valence-corrected chi connectivity index (χ1v) is 5.84. The summed E-state index contributed by atoms with van der Waals surface area (Å²) in [7, 11) is 1.58. The smallest absolute Gasteiger partial charge is 0.263 e. The van der Waals surface area contributed by atoms with E-state index in [1.165, 1.54) is 4.57 Å². The van der Waals surface area contributed by atoms with E-state index < -0.39 is 0 Å². The SMILES string of the molecule is COCCn1c(=S)[nH]c2cccc(Cl)c2c1=O. The molecule has 0 saturated carbocycles. The molecule has 1 aromatic heterocycles. The first-order chi connectivity index (χ1) is 8.15. The number of methoxy groups -OCH3 is 1. The van der Waals surface area contributed by atoms with E-state index in [-0.39, 0.29) is 5.56 Å². The molecular weight excluding hydrogens is 260 g/mol. The van der Waals surface area contributed by atoms with Crippen molar-refractivity contribution < 1.29 is 4.74 Å². The van der Waals surface area contributed by atoms with E-state index in [2.05, 4.69) is 4.98 Å². The van der Waals surface area contributed by atoms with E-state index in [4.69, 9.17) is 28.6 Å². The summed E-state index contributed by atoms with van der Waals surface area (Å²) in [5.41, 5.74) is 0.465. The fourth-order valence-electron chi connectivity index (χ4n) is 1.64. The maximum Gasteiger partial charge on any atom is 0.263 e. The van der Waals surface area contributed by atoms with Crippen LogP contribution in [0.15, 0.2) is 23.0 Å². The second kappa shape index (κ2) is 5.00. The number of hydrogen-bond donors (Lipinski definition) is 1. The van der Waals surface area contributed by atoms with Gasteiger partial charge in [0.25, 0.3) is 5.56 Å². The quantitative estimate of drug-likeness (QED) is 0.871. The maximum atomic E-state index is 12.2. The first kappa shape index (κ1) is 12.3. The zero-order valence-electron chi connectivity index (χ0n) is 9.20. The van der Waals surface area contributed by atoms with E-state index in [9.17, 15) is 4.79 Å². The Morgan fingerprint density at radius 1 is 1.53 bits per heavy atom. The summed E-state index contributed by atoms with van der Waals surface area (Å²) < 4.78 is 6.77. The molecule has 1 N–H and O–H groups in total. The van der Waals surface area contributed by atoms with Crippen LogP contribution in [-0.4, -0.2) is 23.3 Å². The summed E-state index contributed by atoms with van der Waals surface area (Å²) in [6.45, 7) is 0.833. The van der Waals surface area contributed by atoms with Crippen molar-refractivity contribution in [1.29, 1.82) is 0 Å². The Morgan fingerprint density at radius 3 is 3.00 bits per heavy atom.